The predicted molar refractivity (Wildman–Crippen MR) is 154 cm³/mol. The lowest BCUT2D eigenvalue weighted by atomic mass is 9.95. The first kappa shape index (κ1) is 29.4. The van der Waals surface area contributed by atoms with Crippen molar-refractivity contribution < 1.29 is 19.1 Å². The molecular weight excluding hydrogens is 514 g/mol. The van der Waals surface area contributed by atoms with Gasteiger partial charge < -0.3 is 19.7 Å². The molecule has 8 heteroatoms. The molecule has 1 atom stereocenters. The fraction of sp³-hybridized carbons (Fsp3) is 0.548. The van der Waals surface area contributed by atoms with Crippen LogP contribution in [0.2, 0.25) is 5.02 Å². The number of ether oxygens (including phenoxy) is 2. The van der Waals surface area contributed by atoms with Crippen molar-refractivity contribution in [2.45, 2.75) is 72.1 Å². The molecule has 2 fully saturated rings. The van der Waals surface area contributed by atoms with Crippen LogP contribution in [-0.4, -0.2) is 72.6 Å². The standard InChI is InChI=1S/C31H42ClN3O4/c1-21-12-22(2)14-26(13-21)18-34-10-11-39-31(19-34,20-38-28-15-23(3)30(32)24(4)16-28)17-29(37)35-8-6-27(7-9-35)33-25(5)36/h12-16,27H,6-11,17-20H2,1-5H3,(H,33,36)/t31-/m0/s1. The molecule has 212 valence electrons. The van der Waals surface area contributed by atoms with Crippen molar-refractivity contribution in [3.05, 3.63) is 63.2 Å². The van der Waals surface area contributed by atoms with Crippen molar-refractivity contribution in [3.8, 4) is 5.75 Å². The van der Waals surface area contributed by atoms with E-state index in [4.69, 9.17) is 21.1 Å². The smallest absolute Gasteiger partial charge is 0.225 e. The van der Waals surface area contributed by atoms with Crippen molar-refractivity contribution in [3.63, 3.8) is 0 Å². The molecule has 0 spiro atoms. The quantitative estimate of drug-likeness (QED) is 0.509. The van der Waals surface area contributed by atoms with Crippen LogP contribution in [0.15, 0.2) is 30.3 Å². The first-order valence-electron chi connectivity index (χ1n) is 13.9. The Morgan fingerprint density at radius 1 is 1.03 bits per heavy atom. The first-order valence-corrected chi connectivity index (χ1v) is 14.3. The number of likely N-dealkylation sites (tertiary alicyclic amines) is 1. The third-order valence-corrected chi connectivity index (χ3v) is 8.25. The number of morpholine rings is 1. The van der Waals surface area contributed by atoms with Crippen LogP contribution in [0, 0.1) is 27.7 Å². The molecule has 2 aromatic rings. The number of nitrogens with one attached hydrogen (secondary N) is 1. The minimum Gasteiger partial charge on any atom is -0.490 e. The molecule has 1 N–H and O–H groups in total. The van der Waals surface area contributed by atoms with E-state index < -0.39 is 5.60 Å². The molecule has 0 saturated carbocycles. The van der Waals surface area contributed by atoms with Gasteiger partial charge in [0.2, 0.25) is 11.8 Å². The molecule has 7 nitrogen and oxygen atoms in total. The summed E-state index contributed by atoms with van der Waals surface area (Å²) in [5.41, 5.74) is 4.90. The van der Waals surface area contributed by atoms with Gasteiger partial charge in [0.05, 0.1) is 13.0 Å². The lowest BCUT2D eigenvalue weighted by Gasteiger charge is -2.43. The van der Waals surface area contributed by atoms with Crippen LogP contribution >= 0.6 is 11.6 Å². The number of amides is 2. The summed E-state index contributed by atoms with van der Waals surface area (Å²) in [6, 6.07) is 10.6. The molecule has 2 heterocycles. The van der Waals surface area contributed by atoms with Crippen LogP contribution in [0.4, 0.5) is 0 Å². The van der Waals surface area contributed by atoms with Crippen molar-refractivity contribution >= 4 is 23.4 Å². The van der Waals surface area contributed by atoms with Crippen LogP contribution in [0.5, 0.6) is 5.75 Å². The molecule has 39 heavy (non-hydrogen) atoms. The largest absolute Gasteiger partial charge is 0.490 e. The zero-order chi connectivity index (χ0) is 28.2. The second kappa shape index (κ2) is 12.7. The van der Waals surface area contributed by atoms with Crippen LogP contribution in [0.3, 0.4) is 0 Å². The SMILES string of the molecule is CC(=O)NC1CCN(C(=O)C[C@@]2(COc3cc(C)c(Cl)c(C)c3)CN(Cc3cc(C)cc(C)c3)CCO2)CC1. The maximum Gasteiger partial charge on any atom is 0.225 e. The Labute approximate surface area is 237 Å². The second-order valence-corrected chi connectivity index (χ2v) is 11.8. The molecule has 2 aromatic carbocycles. The zero-order valence-corrected chi connectivity index (χ0v) is 24.7. The van der Waals surface area contributed by atoms with E-state index in [1.807, 2.05) is 30.9 Å². The summed E-state index contributed by atoms with van der Waals surface area (Å²) in [6.07, 6.45) is 1.77. The summed E-state index contributed by atoms with van der Waals surface area (Å²) in [5, 5.41) is 3.72. The Kier molecular flexibility index (Phi) is 9.57. The van der Waals surface area contributed by atoms with Gasteiger partial charge in [-0.1, -0.05) is 40.9 Å². The monoisotopic (exact) mass is 555 g/mol. The molecule has 0 radical (unpaired) electrons. The Morgan fingerprint density at radius 2 is 1.67 bits per heavy atom. The number of benzene rings is 2. The lowest BCUT2D eigenvalue weighted by molar-refractivity contribution is -0.157. The molecule has 2 amide bonds. The molecule has 0 aliphatic carbocycles. The molecule has 2 saturated heterocycles. The molecule has 0 aromatic heterocycles. The van der Waals surface area contributed by atoms with Gasteiger partial charge in [-0.15, -0.1) is 0 Å². The van der Waals surface area contributed by atoms with Gasteiger partial charge in [-0.3, -0.25) is 14.5 Å². The van der Waals surface area contributed by atoms with Gasteiger partial charge in [-0.05, 0) is 69.4 Å². The van der Waals surface area contributed by atoms with Crippen molar-refractivity contribution in [2.75, 3.05) is 39.4 Å². The summed E-state index contributed by atoms with van der Waals surface area (Å²) < 4.78 is 12.7. The van der Waals surface area contributed by atoms with Gasteiger partial charge in [0.25, 0.3) is 0 Å². The van der Waals surface area contributed by atoms with E-state index in [0.29, 0.717) is 26.2 Å². The summed E-state index contributed by atoms with van der Waals surface area (Å²) >= 11 is 6.38. The third-order valence-electron chi connectivity index (χ3n) is 7.66. The van der Waals surface area contributed by atoms with Gasteiger partial charge in [0.1, 0.15) is 18.0 Å². The molecule has 2 aliphatic heterocycles. The van der Waals surface area contributed by atoms with Gasteiger partial charge in [-0.25, -0.2) is 0 Å². The average molecular weight is 556 g/mol. The summed E-state index contributed by atoms with van der Waals surface area (Å²) in [6.45, 7) is 14.0. The molecule has 0 bridgehead atoms. The number of carbonyl (C=O) groups is 2. The minimum absolute atomic E-state index is 0.0250. The molecule has 0 unspecified atom stereocenters. The fourth-order valence-corrected chi connectivity index (χ4v) is 5.98. The van der Waals surface area contributed by atoms with E-state index in [1.165, 1.54) is 23.6 Å². The highest BCUT2D eigenvalue weighted by Gasteiger charge is 2.41. The van der Waals surface area contributed by atoms with Crippen molar-refractivity contribution in [2.24, 2.45) is 0 Å². The number of halogens is 1. The average Bonchev–Trinajstić information content (AvgIpc) is 2.85. The van der Waals surface area contributed by atoms with Crippen LogP contribution in [-0.2, 0) is 20.9 Å². The zero-order valence-electron chi connectivity index (χ0n) is 23.9. The Balaban J connectivity index is 1.50. The second-order valence-electron chi connectivity index (χ2n) is 11.4. The van der Waals surface area contributed by atoms with Gasteiger partial charge in [0.15, 0.2) is 0 Å². The third kappa shape index (κ3) is 7.96. The van der Waals surface area contributed by atoms with Crippen LogP contribution < -0.4 is 10.1 Å². The Hall–Kier alpha value is -2.61. The Morgan fingerprint density at radius 3 is 2.28 bits per heavy atom. The van der Waals surface area contributed by atoms with E-state index in [2.05, 4.69) is 42.3 Å². The number of carbonyl (C=O) groups excluding carboxylic acids is 2. The number of nitrogens with zero attached hydrogens (tertiary/aromatic N) is 2. The van der Waals surface area contributed by atoms with Crippen molar-refractivity contribution in [1.82, 2.24) is 15.1 Å². The van der Waals surface area contributed by atoms with Gasteiger partial charge >= 0.3 is 0 Å². The highest BCUT2D eigenvalue weighted by Crippen LogP contribution is 2.30. The maximum absolute atomic E-state index is 13.6. The van der Waals surface area contributed by atoms with Crippen LogP contribution in [0.1, 0.15) is 54.0 Å². The van der Waals surface area contributed by atoms with E-state index in [9.17, 15) is 9.59 Å². The van der Waals surface area contributed by atoms with E-state index >= 15 is 0 Å². The number of hydrogen-bond acceptors (Lipinski definition) is 5. The number of aryl methyl sites for hydroxylation is 4. The maximum atomic E-state index is 13.6. The number of rotatable bonds is 8. The first-order chi connectivity index (χ1) is 18.5. The Bertz CT molecular complexity index is 1150. The normalized spacial score (nSPS) is 20.6. The van der Waals surface area contributed by atoms with Gasteiger partial charge in [0, 0.05) is 50.7 Å². The van der Waals surface area contributed by atoms with Gasteiger partial charge in [-0.2, -0.15) is 0 Å². The molecule has 4 rings (SSSR count). The fourth-order valence-electron chi connectivity index (χ4n) is 5.87. The van der Waals surface area contributed by atoms with E-state index in [0.717, 1.165) is 47.8 Å². The predicted octanol–water partition coefficient (Wildman–Crippen LogP) is 4.74. The topological polar surface area (TPSA) is 71.1 Å². The number of hydrogen-bond donors (Lipinski definition) is 1. The van der Waals surface area contributed by atoms with E-state index in [-0.39, 0.29) is 30.9 Å². The minimum atomic E-state index is -0.774. The summed E-state index contributed by atoms with van der Waals surface area (Å²) in [5.74, 6) is 0.770. The lowest BCUT2D eigenvalue weighted by Crippen LogP contribution is -2.57. The van der Waals surface area contributed by atoms with Crippen molar-refractivity contribution in [1.29, 1.82) is 0 Å². The molecular formula is C31H42ClN3O4. The molecule has 2 aliphatic rings. The van der Waals surface area contributed by atoms with E-state index in [1.54, 1.807) is 0 Å². The summed E-state index contributed by atoms with van der Waals surface area (Å²) in [7, 11) is 0. The highest BCUT2D eigenvalue weighted by molar-refractivity contribution is 6.32. The van der Waals surface area contributed by atoms with Crippen LogP contribution in [0.25, 0.3) is 0 Å². The summed E-state index contributed by atoms with van der Waals surface area (Å²) in [4.78, 5) is 29.3. The number of piperidine rings is 1. The highest BCUT2D eigenvalue weighted by atomic mass is 35.5.